The van der Waals surface area contributed by atoms with Crippen LogP contribution in [0.4, 0.5) is 17.1 Å². The average Bonchev–Trinajstić information content (AvgIpc) is 3.29. The van der Waals surface area contributed by atoms with Gasteiger partial charge in [0.2, 0.25) is 0 Å². The lowest BCUT2D eigenvalue weighted by Crippen LogP contribution is -2.09. The Kier molecular flexibility index (Phi) is 7.74. The highest BCUT2D eigenvalue weighted by Gasteiger charge is 2.15. The molecule has 0 radical (unpaired) electrons. The van der Waals surface area contributed by atoms with Crippen molar-refractivity contribution in [1.82, 2.24) is 20.4 Å². The van der Waals surface area contributed by atoms with Crippen molar-refractivity contribution in [1.29, 1.82) is 0 Å². The van der Waals surface area contributed by atoms with Crippen LogP contribution >= 0.6 is 0 Å². The second-order valence-corrected chi connectivity index (χ2v) is 14.6. The third kappa shape index (κ3) is 5.99. The van der Waals surface area contributed by atoms with Gasteiger partial charge >= 0.3 is 0 Å². The van der Waals surface area contributed by atoms with Crippen LogP contribution in [0.25, 0.3) is 87.2 Å². The number of aromatic nitrogens is 4. The first-order valence-electron chi connectivity index (χ1n) is 19.1. The lowest BCUT2D eigenvalue weighted by atomic mass is 9.96. The Morgan fingerprint density at radius 3 is 1.19 bits per heavy atom. The summed E-state index contributed by atoms with van der Waals surface area (Å²) in [6.45, 7) is 0. The third-order valence-corrected chi connectivity index (χ3v) is 11.2. The van der Waals surface area contributed by atoms with Gasteiger partial charge in [0.15, 0.2) is 0 Å². The van der Waals surface area contributed by atoms with Gasteiger partial charge in [-0.25, -0.2) is 0 Å². The highest BCUT2D eigenvalue weighted by atomic mass is 15.1. The Hall–Kier alpha value is -7.76. The van der Waals surface area contributed by atoms with E-state index in [2.05, 4.69) is 201 Å². The summed E-state index contributed by atoms with van der Waals surface area (Å²) in [5.41, 5.74) is 10.2. The van der Waals surface area contributed by atoms with Gasteiger partial charge in [-0.2, -0.15) is 20.4 Å². The van der Waals surface area contributed by atoms with Crippen molar-refractivity contribution in [2.24, 2.45) is 0 Å². The van der Waals surface area contributed by atoms with Gasteiger partial charge in [-0.15, -0.1) is 0 Å². The van der Waals surface area contributed by atoms with Crippen molar-refractivity contribution in [3.63, 3.8) is 0 Å². The third-order valence-electron chi connectivity index (χ3n) is 11.2. The maximum absolute atomic E-state index is 4.09. The van der Waals surface area contributed by atoms with Crippen LogP contribution in [0, 0.1) is 0 Å². The van der Waals surface area contributed by atoms with E-state index < -0.39 is 0 Å². The van der Waals surface area contributed by atoms with Gasteiger partial charge in [-0.05, 0) is 126 Å². The highest BCUT2D eigenvalue weighted by molar-refractivity contribution is 6.09. The molecule has 0 aliphatic carbocycles. The van der Waals surface area contributed by atoms with Crippen molar-refractivity contribution >= 4 is 70.9 Å². The van der Waals surface area contributed by atoms with E-state index >= 15 is 0 Å². The van der Waals surface area contributed by atoms with Crippen molar-refractivity contribution in [2.45, 2.75) is 0 Å². The van der Waals surface area contributed by atoms with Crippen LogP contribution < -0.4 is 4.90 Å². The molecular weight excluding hydrogens is 695 g/mol. The molecule has 9 aromatic carbocycles. The van der Waals surface area contributed by atoms with E-state index in [1.54, 1.807) is 12.4 Å². The van der Waals surface area contributed by atoms with Crippen molar-refractivity contribution in [3.8, 4) is 33.4 Å². The first-order valence-corrected chi connectivity index (χ1v) is 19.1. The van der Waals surface area contributed by atoms with Gasteiger partial charge in [-0.1, -0.05) is 115 Å². The summed E-state index contributed by atoms with van der Waals surface area (Å²) in [7, 11) is 0. The molecule has 5 heteroatoms. The van der Waals surface area contributed by atoms with Gasteiger partial charge in [0.25, 0.3) is 0 Å². The van der Waals surface area contributed by atoms with Crippen molar-refractivity contribution in [3.05, 3.63) is 201 Å². The molecule has 2 aromatic heterocycles. The second kappa shape index (κ2) is 13.5. The summed E-state index contributed by atoms with van der Waals surface area (Å²) in [5.74, 6) is 0. The van der Waals surface area contributed by atoms with Crippen LogP contribution in [-0.4, -0.2) is 20.4 Å². The smallest absolute Gasteiger partial charge is 0.0574 e. The molecule has 0 saturated carbocycles. The normalized spacial score (nSPS) is 11.5. The van der Waals surface area contributed by atoms with E-state index in [4.69, 9.17) is 0 Å². The van der Waals surface area contributed by atoms with Crippen molar-refractivity contribution < 1.29 is 0 Å². The van der Waals surface area contributed by atoms with Gasteiger partial charge in [0, 0.05) is 38.6 Å². The zero-order chi connectivity index (χ0) is 37.7. The lowest BCUT2D eigenvalue weighted by molar-refractivity contribution is 1.05. The molecule has 2 heterocycles. The molecule has 0 amide bonds. The standard InChI is InChI=1S/C52H33N5/c1-2-4-37-25-40(6-5-34(37)3-1)41-17-23-51-42(26-41)9-10-43-29-50(22-24-52(43)51)57(48-18-13-35(14-19-48)38-7-11-44-30-53-55-32-46(44)27-38)49-20-15-36(16-21-49)39-8-12-45-31-54-56-33-47(45)28-39/h1-33H. The van der Waals surface area contributed by atoms with E-state index in [9.17, 15) is 0 Å². The maximum Gasteiger partial charge on any atom is 0.0574 e. The van der Waals surface area contributed by atoms with Crippen LogP contribution in [0.1, 0.15) is 0 Å². The molecule has 5 nitrogen and oxygen atoms in total. The van der Waals surface area contributed by atoms with Crippen LogP contribution in [0.3, 0.4) is 0 Å². The number of hydrogen-bond acceptors (Lipinski definition) is 5. The van der Waals surface area contributed by atoms with Crippen LogP contribution in [-0.2, 0) is 0 Å². The quantitative estimate of drug-likeness (QED) is 0.160. The number of rotatable bonds is 6. The molecule has 11 rings (SSSR count). The Balaban J connectivity index is 0.981. The molecule has 0 N–H and O–H groups in total. The molecule has 0 atom stereocenters. The molecule has 0 aliphatic heterocycles. The van der Waals surface area contributed by atoms with Gasteiger partial charge < -0.3 is 4.90 Å². The lowest BCUT2D eigenvalue weighted by Gasteiger charge is -2.26. The minimum absolute atomic E-state index is 1.07. The SMILES string of the molecule is c1ccc2cc(-c3ccc4c(ccc5cc(N(c6ccc(-c7ccc8cnncc8c7)cc6)c6ccc(-c7ccc8cnncc8c7)cc6)ccc54)c3)ccc2c1. The molecule has 266 valence electrons. The number of anilines is 3. The molecule has 0 spiro atoms. The fourth-order valence-corrected chi connectivity index (χ4v) is 8.15. The fraction of sp³-hybridized carbons (Fsp3) is 0. The Bertz CT molecular complexity index is 3180. The zero-order valence-corrected chi connectivity index (χ0v) is 30.8. The Morgan fingerprint density at radius 2 is 0.614 bits per heavy atom. The Morgan fingerprint density at radius 1 is 0.246 bits per heavy atom. The molecule has 0 fully saturated rings. The zero-order valence-electron chi connectivity index (χ0n) is 30.8. The van der Waals surface area contributed by atoms with E-state index in [1.165, 1.54) is 43.4 Å². The molecule has 11 aromatic rings. The molecule has 0 aliphatic rings. The van der Waals surface area contributed by atoms with E-state index in [0.29, 0.717) is 0 Å². The van der Waals surface area contributed by atoms with E-state index in [1.807, 2.05) is 12.4 Å². The molecule has 0 bridgehead atoms. The Labute approximate surface area is 329 Å². The van der Waals surface area contributed by atoms with Crippen LogP contribution in [0.5, 0.6) is 0 Å². The largest absolute Gasteiger partial charge is 0.310 e. The minimum Gasteiger partial charge on any atom is -0.310 e. The van der Waals surface area contributed by atoms with Gasteiger partial charge in [0.1, 0.15) is 0 Å². The summed E-state index contributed by atoms with van der Waals surface area (Å²) in [6.07, 6.45) is 7.24. The molecular formula is C52H33N5. The van der Waals surface area contributed by atoms with Crippen molar-refractivity contribution in [2.75, 3.05) is 4.90 Å². The fourth-order valence-electron chi connectivity index (χ4n) is 8.15. The van der Waals surface area contributed by atoms with Gasteiger partial charge in [0.05, 0.1) is 24.8 Å². The summed E-state index contributed by atoms with van der Waals surface area (Å²) in [6, 6.07) is 63.9. The summed E-state index contributed by atoms with van der Waals surface area (Å²) in [5, 5.41) is 27.9. The predicted molar refractivity (Wildman–Crippen MR) is 236 cm³/mol. The maximum atomic E-state index is 4.09. The number of fused-ring (bicyclic) bond motifs is 6. The van der Waals surface area contributed by atoms with E-state index in [0.717, 1.165) is 60.9 Å². The first kappa shape index (κ1) is 32.7. The predicted octanol–water partition coefficient (Wildman–Crippen LogP) is 13.5. The van der Waals surface area contributed by atoms with Gasteiger partial charge in [-0.3, -0.25) is 0 Å². The summed E-state index contributed by atoms with van der Waals surface area (Å²) < 4.78 is 0. The second-order valence-electron chi connectivity index (χ2n) is 14.6. The monoisotopic (exact) mass is 727 g/mol. The highest BCUT2D eigenvalue weighted by Crippen LogP contribution is 2.40. The molecule has 0 saturated heterocycles. The minimum atomic E-state index is 1.07. The summed E-state index contributed by atoms with van der Waals surface area (Å²) in [4.78, 5) is 2.34. The van der Waals surface area contributed by atoms with E-state index in [-0.39, 0.29) is 0 Å². The number of benzene rings is 9. The number of hydrogen-bond donors (Lipinski definition) is 0. The summed E-state index contributed by atoms with van der Waals surface area (Å²) >= 11 is 0. The molecule has 0 unspecified atom stereocenters. The van der Waals surface area contributed by atoms with Crippen LogP contribution in [0.15, 0.2) is 201 Å². The molecule has 57 heavy (non-hydrogen) atoms. The van der Waals surface area contributed by atoms with Crippen LogP contribution in [0.2, 0.25) is 0 Å². The average molecular weight is 728 g/mol. The topological polar surface area (TPSA) is 54.8 Å². The first-order chi connectivity index (χ1) is 28.2. The number of nitrogens with zero attached hydrogens (tertiary/aromatic N) is 5.